The molecule has 2 N–H and O–H groups in total. The van der Waals surface area contributed by atoms with E-state index in [0.717, 1.165) is 49.1 Å². The molecule has 3 aromatic heterocycles. The number of anilines is 3. The van der Waals surface area contributed by atoms with Gasteiger partial charge in [0.2, 0.25) is 5.95 Å². The third-order valence-electron chi connectivity index (χ3n) is 5.66. The Morgan fingerprint density at radius 2 is 1.79 bits per heavy atom. The summed E-state index contributed by atoms with van der Waals surface area (Å²) in [4.78, 5) is 13.2. The molecule has 0 bridgehead atoms. The Morgan fingerprint density at radius 3 is 2.53 bits per heavy atom. The quantitative estimate of drug-likeness (QED) is 0.356. The van der Waals surface area contributed by atoms with E-state index < -0.39 is 11.9 Å². The lowest BCUT2D eigenvalue weighted by molar-refractivity contribution is -0.141. The van der Waals surface area contributed by atoms with E-state index in [1.807, 2.05) is 43.3 Å². The summed E-state index contributed by atoms with van der Waals surface area (Å²) in [7, 11) is 3.22. The van der Waals surface area contributed by atoms with Gasteiger partial charge in [0, 0.05) is 43.3 Å². The lowest BCUT2D eigenvalue weighted by atomic mass is 9.94. The molecule has 0 spiro atoms. The average molecular weight is 463 g/mol. The molecule has 0 unspecified atom stereocenters. The first-order chi connectivity index (χ1) is 16.2. The second kappa shape index (κ2) is 7.98. The van der Waals surface area contributed by atoms with E-state index >= 15 is 0 Å². The number of rotatable bonds is 4. The second-order valence-corrected chi connectivity index (χ2v) is 7.89. The van der Waals surface area contributed by atoms with Crippen LogP contribution in [-0.2, 0) is 13.2 Å². The lowest BCUT2D eigenvalue weighted by Crippen LogP contribution is -2.06. The zero-order valence-corrected chi connectivity index (χ0v) is 18.6. The molecule has 0 saturated carbocycles. The Bertz CT molecular complexity index is 1540. The standard InChI is InChI=1S/C24H20F3N7/c1-13-4-6-17-16(21(13)14-5-7-18-15(10-14)12-30-23(28-2)31-18)8-9-29-22(17)32-20-11-19(24(25,26)27)33-34(20)3/h4-12H,1-3H3,(H,29,32)(H,28,30,31). The minimum Gasteiger partial charge on any atom is -0.357 e. The predicted molar refractivity (Wildman–Crippen MR) is 126 cm³/mol. The van der Waals surface area contributed by atoms with E-state index in [-0.39, 0.29) is 5.82 Å². The average Bonchev–Trinajstić information content (AvgIpc) is 3.19. The van der Waals surface area contributed by atoms with Gasteiger partial charge in [-0.15, -0.1) is 0 Å². The first-order valence-electron chi connectivity index (χ1n) is 10.5. The summed E-state index contributed by atoms with van der Waals surface area (Å²) in [6.45, 7) is 2.02. The monoisotopic (exact) mass is 463 g/mol. The first-order valence-corrected chi connectivity index (χ1v) is 10.5. The van der Waals surface area contributed by atoms with Crippen molar-refractivity contribution in [2.45, 2.75) is 13.1 Å². The fourth-order valence-corrected chi connectivity index (χ4v) is 4.00. The molecule has 172 valence electrons. The number of aromatic nitrogens is 5. The molecule has 34 heavy (non-hydrogen) atoms. The van der Waals surface area contributed by atoms with Gasteiger partial charge in [0.25, 0.3) is 0 Å². The Morgan fingerprint density at radius 1 is 0.971 bits per heavy atom. The van der Waals surface area contributed by atoms with Gasteiger partial charge in [-0.05, 0) is 47.2 Å². The fourth-order valence-electron chi connectivity index (χ4n) is 4.00. The highest BCUT2D eigenvalue weighted by atomic mass is 19.4. The highest BCUT2D eigenvalue weighted by Crippen LogP contribution is 2.37. The number of nitrogens with zero attached hydrogens (tertiary/aromatic N) is 5. The largest absolute Gasteiger partial charge is 0.435 e. The smallest absolute Gasteiger partial charge is 0.357 e. The van der Waals surface area contributed by atoms with Crippen LogP contribution in [0.2, 0.25) is 0 Å². The molecule has 0 atom stereocenters. The Kier molecular flexibility index (Phi) is 5.07. The molecular formula is C24H20F3N7. The molecular weight excluding hydrogens is 443 g/mol. The normalized spacial score (nSPS) is 11.8. The van der Waals surface area contributed by atoms with Gasteiger partial charge in [0.1, 0.15) is 11.6 Å². The van der Waals surface area contributed by atoms with E-state index in [9.17, 15) is 13.2 Å². The second-order valence-electron chi connectivity index (χ2n) is 7.89. The third kappa shape index (κ3) is 3.76. The Hall–Kier alpha value is -4.21. The molecule has 0 aliphatic heterocycles. The maximum Gasteiger partial charge on any atom is 0.435 e. The van der Waals surface area contributed by atoms with Crippen LogP contribution in [-0.4, -0.2) is 31.8 Å². The maximum atomic E-state index is 13.1. The molecule has 0 amide bonds. The van der Waals surface area contributed by atoms with Crippen molar-refractivity contribution in [2.24, 2.45) is 7.05 Å². The molecule has 0 saturated heterocycles. The van der Waals surface area contributed by atoms with E-state index in [1.54, 1.807) is 19.4 Å². The summed E-state index contributed by atoms with van der Waals surface area (Å²) < 4.78 is 40.4. The lowest BCUT2D eigenvalue weighted by Gasteiger charge is -2.14. The van der Waals surface area contributed by atoms with Crippen LogP contribution in [0.1, 0.15) is 11.3 Å². The molecule has 0 aliphatic carbocycles. The number of alkyl halides is 3. The summed E-state index contributed by atoms with van der Waals surface area (Å²) in [6, 6.07) is 12.7. The summed E-state index contributed by atoms with van der Waals surface area (Å²) >= 11 is 0. The van der Waals surface area contributed by atoms with Gasteiger partial charge in [-0.2, -0.15) is 18.3 Å². The van der Waals surface area contributed by atoms with Crippen molar-refractivity contribution in [3.05, 3.63) is 66.1 Å². The van der Waals surface area contributed by atoms with Crippen molar-refractivity contribution in [1.82, 2.24) is 24.7 Å². The topological polar surface area (TPSA) is 80.5 Å². The summed E-state index contributed by atoms with van der Waals surface area (Å²) in [6.07, 6.45) is -1.12. The van der Waals surface area contributed by atoms with Gasteiger partial charge in [-0.1, -0.05) is 18.2 Å². The van der Waals surface area contributed by atoms with Crippen LogP contribution < -0.4 is 10.6 Å². The number of nitrogens with one attached hydrogen (secondary N) is 2. The van der Waals surface area contributed by atoms with Crippen molar-refractivity contribution in [2.75, 3.05) is 17.7 Å². The van der Waals surface area contributed by atoms with Crippen molar-refractivity contribution in [3.63, 3.8) is 0 Å². The van der Waals surface area contributed by atoms with Crippen LogP contribution in [0.15, 0.2) is 54.9 Å². The van der Waals surface area contributed by atoms with Crippen LogP contribution in [0.5, 0.6) is 0 Å². The van der Waals surface area contributed by atoms with Crippen LogP contribution in [0.4, 0.5) is 30.8 Å². The molecule has 0 fully saturated rings. The Labute approximate surface area is 192 Å². The van der Waals surface area contributed by atoms with E-state index in [1.165, 1.54) is 7.05 Å². The van der Waals surface area contributed by atoms with E-state index in [4.69, 9.17) is 0 Å². The van der Waals surface area contributed by atoms with Gasteiger partial charge < -0.3 is 10.6 Å². The molecule has 5 aromatic rings. The number of aryl methyl sites for hydroxylation is 2. The molecule has 2 aromatic carbocycles. The number of hydrogen-bond donors (Lipinski definition) is 2. The third-order valence-corrected chi connectivity index (χ3v) is 5.66. The van der Waals surface area contributed by atoms with Crippen LogP contribution in [0, 0.1) is 6.92 Å². The summed E-state index contributed by atoms with van der Waals surface area (Å²) in [5.74, 6) is 1.18. The molecule has 5 rings (SSSR count). The van der Waals surface area contributed by atoms with Crippen LogP contribution in [0.3, 0.4) is 0 Å². The van der Waals surface area contributed by atoms with E-state index in [2.05, 4.69) is 30.7 Å². The minimum atomic E-state index is -4.53. The first kappa shape index (κ1) is 21.6. The molecule has 0 aliphatic rings. The zero-order chi connectivity index (χ0) is 24.0. The highest BCUT2D eigenvalue weighted by molar-refractivity contribution is 6.04. The van der Waals surface area contributed by atoms with Crippen molar-refractivity contribution in [3.8, 4) is 11.1 Å². The number of fused-ring (bicyclic) bond motifs is 2. The van der Waals surface area contributed by atoms with Crippen molar-refractivity contribution in [1.29, 1.82) is 0 Å². The highest BCUT2D eigenvalue weighted by Gasteiger charge is 2.34. The van der Waals surface area contributed by atoms with Gasteiger partial charge in [-0.25, -0.2) is 15.0 Å². The molecule has 10 heteroatoms. The molecule has 7 nitrogen and oxygen atoms in total. The van der Waals surface area contributed by atoms with Crippen LogP contribution >= 0.6 is 0 Å². The fraction of sp³-hybridized carbons (Fsp3) is 0.167. The number of halogens is 3. The Balaban J connectivity index is 1.62. The number of benzene rings is 2. The van der Waals surface area contributed by atoms with Crippen LogP contribution in [0.25, 0.3) is 32.8 Å². The van der Waals surface area contributed by atoms with Gasteiger partial charge in [0.15, 0.2) is 5.69 Å². The van der Waals surface area contributed by atoms with Gasteiger partial charge in [0.05, 0.1) is 5.52 Å². The molecule has 3 heterocycles. The zero-order valence-electron chi connectivity index (χ0n) is 18.6. The van der Waals surface area contributed by atoms with E-state index in [0.29, 0.717) is 11.8 Å². The van der Waals surface area contributed by atoms with Crippen molar-refractivity contribution >= 4 is 39.3 Å². The van der Waals surface area contributed by atoms with Crippen molar-refractivity contribution < 1.29 is 13.2 Å². The number of hydrogen-bond acceptors (Lipinski definition) is 6. The maximum absolute atomic E-state index is 13.1. The SMILES string of the molecule is CNc1ncc2cc(-c3c(C)ccc4c(Nc5cc(C(F)(F)F)nn5C)nccc34)ccc2n1. The van der Waals surface area contributed by atoms with Gasteiger partial charge in [-0.3, -0.25) is 4.68 Å². The van der Waals surface area contributed by atoms with Gasteiger partial charge >= 0.3 is 6.18 Å². The minimum absolute atomic E-state index is 0.192. The summed E-state index contributed by atoms with van der Waals surface area (Å²) in [5.41, 5.74) is 2.89. The predicted octanol–water partition coefficient (Wildman–Crippen LogP) is 5.69. The number of pyridine rings is 1. The summed E-state index contributed by atoms with van der Waals surface area (Å²) in [5, 5.41) is 12.1. The molecule has 0 radical (unpaired) electrons.